The molecular formula is C28H36SiZr. The van der Waals surface area contributed by atoms with Gasteiger partial charge in [-0.3, -0.25) is 0 Å². The Morgan fingerprint density at radius 2 is 1.43 bits per heavy atom. The van der Waals surface area contributed by atoms with Gasteiger partial charge in [-0.1, -0.05) is 0 Å². The van der Waals surface area contributed by atoms with Crippen LogP contribution in [0.4, 0.5) is 0 Å². The molecule has 30 heavy (non-hydrogen) atoms. The van der Waals surface area contributed by atoms with E-state index in [0.29, 0.717) is 9.54 Å². The summed E-state index contributed by atoms with van der Waals surface area (Å²) in [6, 6.07) is 20.3. The van der Waals surface area contributed by atoms with Crippen molar-refractivity contribution >= 4 is 12.5 Å². The van der Waals surface area contributed by atoms with Gasteiger partial charge in [0.25, 0.3) is 0 Å². The predicted molar refractivity (Wildman–Crippen MR) is 132 cm³/mol. The maximum absolute atomic E-state index is 3.40. The van der Waals surface area contributed by atoms with Gasteiger partial charge in [0.2, 0.25) is 0 Å². The third kappa shape index (κ3) is 2.94. The minimum atomic E-state index is -3.40. The second-order valence-corrected chi connectivity index (χ2v) is 36.6. The van der Waals surface area contributed by atoms with E-state index in [9.17, 15) is 0 Å². The zero-order chi connectivity index (χ0) is 21.7. The van der Waals surface area contributed by atoms with Gasteiger partial charge in [0, 0.05) is 0 Å². The van der Waals surface area contributed by atoms with E-state index < -0.39 is 17.4 Å². The summed E-state index contributed by atoms with van der Waals surface area (Å²) < 4.78 is 5.19. The number of hydrogen-bond acceptors (Lipinski definition) is 0. The van der Waals surface area contributed by atoms with Gasteiger partial charge in [-0.15, -0.1) is 0 Å². The Morgan fingerprint density at radius 1 is 0.833 bits per heavy atom. The Balaban J connectivity index is 2.01. The van der Waals surface area contributed by atoms with Crippen LogP contribution in [-0.4, -0.2) is 6.88 Å². The molecule has 2 aliphatic carbocycles. The molecule has 0 amide bonds. The first-order valence-corrected chi connectivity index (χ1v) is 23.6. The Kier molecular flexibility index (Phi) is 5.65. The van der Waals surface area contributed by atoms with Crippen molar-refractivity contribution in [1.82, 2.24) is 0 Å². The fourth-order valence-corrected chi connectivity index (χ4v) is 28.5. The fraction of sp³-hybridized carbons (Fsp3) is 0.357. The van der Waals surface area contributed by atoms with Gasteiger partial charge < -0.3 is 0 Å². The van der Waals surface area contributed by atoms with Crippen LogP contribution in [0.25, 0.3) is 5.57 Å². The quantitative estimate of drug-likeness (QED) is 0.379. The molecule has 4 rings (SSSR count). The van der Waals surface area contributed by atoms with Crippen molar-refractivity contribution in [2.45, 2.75) is 53.4 Å². The standard InChI is InChI=1S/C15H11.C9H13.2C2H5.H2Si.Zr/c1-2-6-12(7-3-1)15-11-10-13-8-4-5-9-14(13)15;1-6-5-7(2)9(4)8(6)3;2*1-2;;/h1-11H;6H,1-4H3;2*1H2,2H3;1H2;. The van der Waals surface area contributed by atoms with E-state index in [1.165, 1.54) is 25.0 Å². The van der Waals surface area contributed by atoms with Crippen LogP contribution < -0.4 is 0 Å². The summed E-state index contributed by atoms with van der Waals surface area (Å²) in [5, 5.41) is 0. The summed E-state index contributed by atoms with van der Waals surface area (Å²) in [6.07, 6.45) is 2.70. The molecule has 0 aromatic heterocycles. The van der Waals surface area contributed by atoms with E-state index in [2.05, 4.69) is 109 Å². The molecule has 0 N–H and O–H groups in total. The molecular weight excluding hydrogens is 456 g/mol. The molecule has 2 unspecified atom stereocenters. The zero-order valence-electron chi connectivity index (χ0n) is 19.5. The fourth-order valence-electron chi connectivity index (χ4n) is 6.55. The van der Waals surface area contributed by atoms with Gasteiger partial charge in [-0.05, 0) is 0 Å². The topological polar surface area (TPSA) is 0 Å². The Morgan fingerprint density at radius 3 is 2.00 bits per heavy atom. The third-order valence-electron chi connectivity index (χ3n) is 8.95. The van der Waals surface area contributed by atoms with Crippen LogP contribution in [-0.2, 0) is 17.4 Å². The summed E-state index contributed by atoms with van der Waals surface area (Å²) in [5.41, 5.74) is 10.7. The average molecular weight is 492 g/mol. The van der Waals surface area contributed by atoms with E-state index in [0.717, 1.165) is 0 Å². The second-order valence-electron chi connectivity index (χ2n) is 9.82. The van der Waals surface area contributed by atoms with E-state index in [1.807, 2.05) is 3.28 Å². The van der Waals surface area contributed by atoms with Gasteiger partial charge in [0.15, 0.2) is 0 Å². The molecule has 0 saturated heterocycles. The molecule has 0 bridgehead atoms. The van der Waals surface area contributed by atoms with Gasteiger partial charge in [-0.2, -0.15) is 0 Å². The monoisotopic (exact) mass is 490 g/mol. The number of fused-ring (bicyclic) bond motifs is 1. The Labute approximate surface area is 185 Å². The van der Waals surface area contributed by atoms with Crippen molar-refractivity contribution in [3.63, 3.8) is 0 Å². The second kappa shape index (κ2) is 7.72. The SMILES string of the molecule is C[CH2][Zr](=[SiH2])([CH2]C)([C]1=C(C)C(C)=C(C)C1C)[CH]1C=C(c2ccccc2)c2ccccc21. The Hall–Kier alpha value is -1.24. The molecule has 2 aromatic carbocycles. The van der Waals surface area contributed by atoms with E-state index in [1.54, 1.807) is 22.3 Å². The molecule has 2 heteroatoms. The van der Waals surface area contributed by atoms with Crippen molar-refractivity contribution in [1.29, 1.82) is 0 Å². The molecule has 0 heterocycles. The van der Waals surface area contributed by atoms with Crippen molar-refractivity contribution in [2.75, 3.05) is 0 Å². The van der Waals surface area contributed by atoms with Crippen LogP contribution in [0.15, 0.2) is 80.7 Å². The summed E-state index contributed by atoms with van der Waals surface area (Å²) >= 11 is -3.40. The van der Waals surface area contributed by atoms with Crippen molar-refractivity contribution in [2.24, 2.45) is 5.92 Å². The van der Waals surface area contributed by atoms with Crippen molar-refractivity contribution < 1.29 is 17.4 Å². The van der Waals surface area contributed by atoms with E-state index in [4.69, 9.17) is 0 Å². The molecule has 2 atom stereocenters. The molecule has 2 aromatic rings. The van der Waals surface area contributed by atoms with Crippen LogP contribution in [0.1, 0.15) is 61.9 Å². The van der Waals surface area contributed by atoms with Crippen LogP contribution in [0.5, 0.6) is 0 Å². The summed E-state index contributed by atoms with van der Waals surface area (Å²) in [6.45, 7) is 17.2. The zero-order valence-corrected chi connectivity index (χ0v) is 23.4. The first-order valence-electron chi connectivity index (χ1n) is 11.6. The minimum absolute atomic E-state index is 0.595. The normalized spacial score (nSPS) is 21.9. The number of hydrogen-bond donors (Lipinski definition) is 0. The van der Waals surface area contributed by atoms with Crippen LogP contribution in [0.2, 0.25) is 8.26 Å². The molecule has 0 radical (unpaired) electrons. The van der Waals surface area contributed by atoms with Crippen molar-refractivity contribution in [3.05, 3.63) is 97.4 Å². The van der Waals surface area contributed by atoms with Crippen LogP contribution >= 0.6 is 0 Å². The summed E-state index contributed by atoms with van der Waals surface area (Å²) in [4.78, 5) is 0. The summed E-state index contributed by atoms with van der Waals surface area (Å²) in [5.74, 6) is 0.606. The molecule has 0 fully saturated rings. The van der Waals surface area contributed by atoms with Gasteiger partial charge in [0.05, 0.1) is 0 Å². The number of benzene rings is 2. The first kappa shape index (κ1) is 22.0. The first-order chi connectivity index (χ1) is 14.3. The van der Waals surface area contributed by atoms with Gasteiger partial charge >= 0.3 is 187 Å². The molecule has 2 aliphatic rings. The van der Waals surface area contributed by atoms with E-state index >= 15 is 0 Å². The number of allylic oxidation sites excluding steroid dienone is 5. The average Bonchev–Trinajstić information content (AvgIpc) is 3.27. The summed E-state index contributed by atoms with van der Waals surface area (Å²) in [7, 11) is 0. The predicted octanol–water partition coefficient (Wildman–Crippen LogP) is 7.55. The van der Waals surface area contributed by atoms with Crippen LogP contribution in [0, 0.1) is 5.92 Å². The molecule has 156 valence electrons. The van der Waals surface area contributed by atoms with E-state index in [-0.39, 0.29) is 0 Å². The molecule has 0 nitrogen and oxygen atoms in total. The number of rotatable bonds is 5. The van der Waals surface area contributed by atoms with Gasteiger partial charge in [-0.25, -0.2) is 0 Å². The van der Waals surface area contributed by atoms with Crippen LogP contribution in [0.3, 0.4) is 0 Å². The Bertz CT molecular complexity index is 1150. The molecule has 0 aliphatic heterocycles. The molecule has 0 saturated carbocycles. The van der Waals surface area contributed by atoms with Crippen molar-refractivity contribution in [3.8, 4) is 0 Å². The van der Waals surface area contributed by atoms with Gasteiger partial charge in [0.1, 0.15) is 0 Å². The third-order valence-corrected chi connectivity index (χ3v) is 39.1. The molecule has 0 spiro atoms. The maximum atomic E-state index is 2.70.